The van der Waals surface area contributed by atoms with Crippen LogP contribution in [0.25, 0.3) is 0 Å². The third kappa shape index (κ3) is 5.29. The molecule has 2 rings (SSSR count). The van der Waals surface area contributed by atoms with Crippen molar-refractivity contribution in [2.45, 2.75) is 4.90 Å². The molecule has 122 valence electrons. The molecule has 0 aliphatic carbocycles. The van der Waals surface area contributed by atoms with Gasteiger partial charge in [-0.15, -0.1) is 0 Å². The zero-order chi connectivity index (χ0) is 16.9. The second kappa shape index (κ2) is 7.51. The summed E-state index contributed by atoms with van der Waals surface area (Å²) in [5, 5.41) is 3.02. The van der Waals surface area contributed by atoms with Crippen molar-refractivity contribution in [1.29, 1.82) is 0 Å². The fourth-order valence-corrected chi connectivity index (χ4v) is 2.50. The summed E-state index contributed by atoms with van der Waals surface area (Å²) >= 11 is 5.71. The molecular formula is C14H12ClFN2O4S. The Morgan fingerprint density at radius 2 is 1.70 bits per heavy atom. The maximum absolute atomic E-state index is 12.8. The van der Waals surface area contributed by atoms with E-state index in [0.29, 0.717) is 10.7 Å². The highest BCUT2D eigenvalue weighted by atomic mass is 35.5. The van der Waals surface area contributed by atoms with Gasteiger partial charge in [-0.1, -0.05) is 16.5 Å². The lowest BCUT2D eigenvalue weighted by molar-refractivity contribution is -0.121. The van der Waals surface area contributed by atoms with E-state index in [1.807, 2.05) is 0 Å². The van der Waals surface area contributed by atoms with Crippen molar-refractivity contribution in [3.8, 4) is 0 Å². The number of nitrogens with one attached hydrogen (secondary N) is 2. The van der Waals surface area contributed by atoms with Gasteiger partial charge in [0.1, 0.15) is 12.4 Å². The fourth-order valence-electron chi connectivity index (χ4n) is 1.56. The van der Waals surface area contributed by atoms with Crippen molar-refractivity contribution in [2.24, 2.45) is 0 Å². The van der Waals surface area contributed by atoms with Gasteiger partial charge in [0.15, 0.2) is 0 Å². The highest BCUT2D eigenvalue weighted by Gasteiger charge is 2.15. The predicted molar refractivity (Wildman–Crippen MR) is 82.8 cm³/mol. The standard InChI is InChI=1S/C14H12ClFN2O4S/c15-10-1-5-12(6-2-10)17-14(19)9-22-18-23(20,21)13-7-3-11(16)4-8-13/h1-8,18H,9H2,(H,17,19). The topological polar surface area (TPSA) is 84.5 Å². The highest BCUT2D eigenvalue weighted by Crippen LogP contribution is 2.13. The lowest BCUT2D eigenvalue weighted by atomic mass is 10.3. The molecule has 6 nitrogen and oxygen atoms in total. The first-order chi connectivity index (χ1) is 10.9. The largest absolute Gasteiger partial charge is 0.324 e. The van der Waals surface area contributed by atoms with Crippen LogP contribution in [0.5, 0.6) is 0 Å². The molecule has 23 heavy (non-hydrogen) atoms. The molecule has 0 aliphatic rings. The minimum absolute atomic E-state index is 0.183. The van der Waals surface area contributed by atoms with Crippen molar-refractivity contribution in [3.05, 3.63) is 59.4 Å². The molecule has 0 bridgehead atoms. The van der Waals surface area contributed by atoms with Gasteiger partial charge in [-0.3, -0.25) is 9.63 Å². The van der Waals surface area contributed by atoms with Gasteiger partial charge >= 0.3 is 0 Å². The van der Waals surface area contributed by atoms with Crippen LogP contribution in [0.1, 0.15) is 0 Å². The van der Waals surface area contributed by atoms with Crippen molar-refractivity contribution in [1.82, 2.24) is 4.89 Å². The summed E-state index contributed by atoms with van der Waals surface area (Å²) in [7, 11) is -3.99. The molecule has 1 amide bonds. The van der Waals surface area contributed by atoms with Gasteiger partial charge in [0.2, 0.25) is 0 Å². The number of anilines is 1. The summed E-state index contributed by atoms with van der Waals surface area (Å²) in [5.41, 5.74) is 0.490. The summed E-state index contributed by atoms with van der Waals surface area (Å²) in [5.74, 6) is -1.12. The van der Waals surface area contributed by atoms with Gasteiger partial charge in [0.05, 0.1) is 4.90 Å². The Kier molecular flexibility index (Phi) is 5.67. The summed E-state index contributed by atoms with van der Waals surface area (Å²) in [6, 6.07) is 10.5. The van der Waals surface area contributed by atoms with Crippen LogP contribution in [0.4, 0.5) is 10.1 Å². The molecule has 0 fully saturated rings. The normalized spacial score (nSPS) is 11.2. The molecule has 0 saturated heterocycles. The number of sulfonamides is 1. The van der Waals surface area contributed by atoms with Gasteiger partial charge < -0.3 is 5.32 Å². The van der Waals surface area contributed by atoms with Crippen molar-refractivity contribution >= 4 is 33.2 Å². The zero-order valence-corrected chi connectivity index (χ0v) is 13.2. The average molecular weight is 359 g/mol. The SMILES string of the molecule is O=C(CONS(=O)(=O)c1ccc(F)cc1)Nc1ccc(Cl)cc1. The van der Waals surface area contributed by atoms with Gasteiger partial charge in [-0.25, -0.2) is 12.8 Å². The summed E-state index contributed by atoms with van der Waals surface area (Å²) in [6.45, 7) is -0.539. The molecule has 9 heteroatoms. The van der Waals surface area contributed by atoms with Crippen LogP contribution in [-0.2, 0) is 19.7 Å². The molecule has 0 aromatic heterocycles. The smallest absolute Gasteiger partial charge is 0.262 e. The Bertz CT molecular complexity index is 779. The van der Waals surface area contributed by atoms with E-state index in [-0.39, 0.29) is 4.90 Å². The van der Waals surface area contributed by atoms with Crippen LogP contribution >= 0.6 is 11.6 Å². The average Bonchev–Trinajstić information content (AvgIpc) is 2.50. The molecule has 0 spiro atoms. The third-order valence-corrected chi connectivity index (χ3v) is 4.11. The van der Waals surface area contributed by atoms with Crippen molar-refractivity contribution in [2.75, 3.05) is 11.9 Å². The molecule has 0 saturated carbocycles. The van der Waals surface area contributed by atoms with E-state index in [2.05, 4.69) is 10.2 Å². The second-order valence-electron chi connectivity index (χ2n) is 4.38. The molecule has 0 heterocycles. The summed E-state index contributed by atoms with van der Waals surface area (Å²) < 4.78 is 36.4. The van der Waals surface area contributed by atoms with E-state index in [1.165, 1.54) is 0 Å². The monoisotopic (exact) mass is 358 g/mol. The Morgan fingerprint density at radius 3 is 2.30 bits per heavy atom. The zero-order valence-electron chi connectivity index (χ0n) is 11.6. The fraction of sp³-hybridized carbons (Fsp3) is 0.0714. The Hall–Kier alpha value is -2.00. The van der Waals surface area contributed by atoms with E-state index >= 15 is 0 Å². The van der Waals surface area contributed by atoms with E-state index in [4.69, 9.17) is 11.6 Å². The van der Waals surface area contributed by atoms with Crippen LogP contribution < -0.4 is 10.2 Å². The number of carbonyl (C=O) groups excluding carboxylic acids is 1. The quantitative estimate of drug-likeness (QED) is 0.776. The van der Waals surface area contributed by atoms with E-state index in [0.717, 1.165) is 24.3 Å². The predicted octanol–water partition coefficient (Wildman–Crippen LogP) is 2.33. The van der Waals surface area contributed by atoms with Crippen LogP contribution in [0.15, 0.2) is 53.4 Å². The lowest BCUT2D eigenvalue weighted by Gasteiger charge is -2.08. The van der Waals surface area contributed by atoms with Crippen LogP contribution in [-0.4, -0.2) is 20.9 Å². The molecule has 2 aromatic carbocycles. The molecule has 2 N–H and O–H groups in total. The van der Waals surface area contributed by atoms with Gasteiger partial charge in [0.25, 0.3) is 15.9 Å². The summed E-state index contributed by atoms with van der Waals surface area (Å²) in [6.07, 6.45) is 0. The lowest BCUT2D eigenvalue weighted by Crippen LogP contribution is -2.29. The Labute approximate surface area is 137 Å². The first-order valence-corrected chi connectivity index (χ1v) is 8.17. The van der Waals surface area contributed by atoms with Crippen molar-refractivity contribution < 1.29 is 22.4 Å². The molecule has 0 radical (unpaired) electrons. The van der Waals surface area contributed by atoms with Gasteiger partial charge in [-0.05, 0) is 48.5 Å². The number of halogens is 2. The van der Waals surface area contributed by atoms with Crippen LogP contribution in [0, 0.1) is 5.82 Å². The van der Waals surface area contributed by atoms with Crippen LogP contribution in [0.3, 0.4) is 0 Å². The Morgan fingerprint density at radius 1 is 1.09 bits per heavy atom. The third-order valence-electron chi connectivity index (χ3n) is 2.62. The summed E-state index contributed by atoms with van der Waals surface area (Å²) in [4.78, 5) is 17.9. The molecule has 0 aliphatic heterocycles. The maximum Gasteiger partial charge on any atom is 0.262 e. The van der Waals surface area contributed by atoms with Crippen molar-refractivity contribution in [3.63, 3.8) is 0 Å². The number of carbonyl (C=O) groups is 1. The second-order valence-corrected chi connectivity index (χ2v) is 6.47. The number of hydrogen-bond acceptors (Lipinski definition) is 4. The minimum atomic E-state index is -3.99. The van der Waals surface area contributed by atoms with E-state index < -0.39 is 28.4 Å². The molecule has 2 aromatic rings. The number of benzene rings is 2. The number of amides is 1. The van der Waals surface area contributed by atoms with Crippen LogP contribution in [0.2, 0.25) is 5.02 Å². The molecule has 0 unspecified atom stereocenters. The number of rotatable bonds is 6. The minimum Gasteiger partial charge on any atom is -0.324 e. The number of hydrogen-bond donors (Lipinski definition) is 2. The molecular weight excluding hydrogens is 347 g/mol. The van der Waals surface area contributed by atoms with Gasteiger partial charge in [0, 0.05) is 10.7 Å². The highest BCUT2D eigenvalue weighted by molar-refractivity contribution is 7.89. The van der Waals surface area contributed by atoms with E-state index in [1.54, 1.807) is 29.2 Å². The van der Waals surface area contributed by atoms with E-state index in [9.17, 15) is 17.6 Å². The molecule has 0 atom stereocenters. The Balaban J connectivity index is 1.85. The first-order valence-electron chi connectivity index (χ1n) is 6.31. The maximum atomic E-state index is 12.8. The first kappa shape index (κ1) is 17.4. The van der Waals surface area contributed by atoms with Gasteiger partial charge in [-0.2, -0.15) is 0 Å².